The Morgan fingerprint density at radius 3 is 2.44 bits per heavy atom. The van der Waals surface area contributed by atoms with Gasteiger partial charge in [0.25, 0.3) is 0 Å². The number of amides is 1. The fourth-order valence-corrected chi connectivity index (χ4v) is 3.51. The molecule has 0 aliphatic heterocycles. The van der Waals surface area contributed by atoms with Crippen molar-refractivity contribution in [2.75, 3.05) is 0 Å². The molecule has 1 aliphatic rings. The third-order valence-electron chi connectivity index (χ3n) is 4.93. The first-order valence-corrected chi connectivity index (χ1v) is 9.18. The molecule has 132 valence electrons. The summed E-state index contributed by atoms with van der Waals surface area (Å²) in [7, 11) is 0. The number of nitrogens with one attached hydrogen (secondary N) is 1. The zero-order chi connectivity index (χ0) is 17.5. The van der Waals surface area contributed by atoms with E-state index in [4.69, 9.17) is 0 Å². The Hall–Kier alpha value is -2.23. The molecule has 3 nitrogen and oxygen atoms in total. The Balaban J connectivity index is 1.77. The molecule has 0 bridgehead atoms. The van der Waals surface area contributed by atoms with E-state index in [0.29, 0.717) is 6.42 Å². The van der Waals surface area contributed by atoms with Crippen LogP contribution in [0, 0.1) is 5.82 Å². The molecule has 4 heteroatoms. The zero-order valence-electron chi connectivity index (χ0n) is 14.5. The van der Waals surface area contributed by atoms with E-state index in [1.54, 1.807) is 18.3 Å². The molecular weight excluding hydrogens is 315 g/mol. The first-order valence-electron chi connectivity index (χ1n) is 9.18. The largest absolute Gasteiger partial charge is 0.353 e. The molecule has 0 saturated heterocycles. The molecule has 1 unspecified atom stereocenters. The molecule has 1 N–H and O–H groups in total. The number of carbonyl (C=O) groups is 1. The minimum absolute atomic E-state index is 0.0177. The molecule has 1 saturated carbocycles. The fourth-order valence-electron chi connectivity index (χ4n) is 3.51. The predicted molar refractivity (Wildman–Crippen MR) is 96.7 cm³/mol. The van der Waals surface area contributed by atoms with Crippen molar-refractivity contribution >= 4 is 5.91 Å². The lowest BCUT2D eigenvalue weighted by molar-refractivity contribution is -0.123. The van der Waals surface area contributed by atoms with E-state index in [1.165, 1.54) is 37.8 Å². The van der Waals surface area contributed by atoms with Crippen LogP contribution in [0.15, 0.2) is 48.7 Å². The molecule has 1 atom stereocenters. The third-order valence-corrected chi connectivity index (χ3v) is 4.93. The van der Waals surface area contributed by atoms with Gasteiger partial charge in [-0.1, -0.05) is 43.9 Å². The summed E-state index contributed by atoms with van der Waals surface area (Å²) < 4.78 is 13.3. The van der Waals surface area contributed by atoms with Gasteiger partial charge in [0.2, 0.25) is 5.91 Å². The van der Waals surface area contributed by atoms with Gasteiger partial charge in [-0.3, -0.25) is 9.78 Å². The van der Waals surface area contributed by atoms with Gasteiger partial charge in [0.1, 0.15) is 5.82 Å². The van der Waals surface area contributed by atoms with Crippen LogP contribution >= 0.6 is 0 Å². The maximum atomic E-state index is 13.3. The minimum Gasteiger partial charge on any atom is -0.353 e. The number of hydrogen-bond acceptors (Lipinski definition) is 2. The Kier molecular flexibility index (Phi) is 6.15. The van der Waals surface area contributed by atoms with E-state index in [-0.39, 0.29) is 23.7 Å². The van der Waals surface area contributed by atoms with Gasteiger partial charge in [0.15, 0.2) is 0 Å². The topological polar surface area (TPSA) is 42.0 Å². The Bertz CT molecular complexity index is 664. The van der Waals surface area contributed by atoms with Gasteiger partial charge in [-0.05, 0) is 42.7 Å². The number of benzene rings is 1. The highest BCUT2D eigenvalue weighted by Crippen LogP contribution is 2.23. The second kappa shape index (κ2) is 8.75. The van der Waals surface area contributed by atoms with Crippen molar-refractivity contribution in [1.82, 2.24) is 10.3 Å². The van der Waals surface area contributed by atoms with Crippen molar-refractivity contribution in [3.63, 3.8) is 0 Å². The maximum Gasteiger partial charge on any atom is 0.228 e. The van der Waals surface area contributed by atoms with Crippen molar-refractivity contribution in [3.05, 3.63) is 65.7 Å². The van der Waals surface area contributed by atoms with E-state index < -0.39 is 0 Å². The molecule has 1 amide bonds. The van der Waals surface area contributed by atoms with Crippen LogP contribution < -0.4 is 5.32 Å². The lowest BCUT2D eigenvalue weighted by atomic mass is 9.92. The van der Waals surface area contributed by atoms with E-state index in [2.05, 4.69) is 10.3 Å². The SMILES string of the molecule is O=C(NC1CCCCCC1)C(Cc1ccccn1)c1ccc(F)cc1. The van der Waals surface area contributed by atoms with Crippen LogP contribution in [0.3, 0.4) is 0 Å². The lowest BCUT2D eigenvalue weighted by Gasteiger charge is -2.22. The molecular formula is C21H25FN2O. The second-order valence-corrected chi connectivity index (χ2v) is 6.83. The Morgan fingerprint density at radius 2 is 1.80 bits per heavy atom. The molecule has 2 aromatic rings. The van der Waals surface area contributed by atoms with Gasteiger partial charge >= 0.3 is 0 Å². The predicted octanol–water partition coefficient (Wildman–Crippen LogP) is 4.39. The average molecular weight is 340 g/mol. The number of nitrogens with zero attached hydrogens (tertiary/aromatic N) is 1. The van der Waals surface area contributed by atoms with Gasteiger partial charge in [0.05, 0.1) is 5.92 Å². The highest BCUT2D eigenvalue weighted by molar-refractivity contribution is 5.84. The maximum absolute atomic E-state index is 13.3. The standard InChI is InChI=1S/C21H25FN2O/c22-17-12-10-16(11-13-17)20(15-19-9-5-6-14-23-19)21(25)24-18-7-3-1-2-4-8-18/h5-6,9-14,18,20H,1-4,7-8,15H2,(H,24,25). The smallest absolute Gasteiger partial charge is 0.228 e. The van der Waals surface area contributed by atoms with E-state index in [0.717, 1.165) is 24.1 Å². The van der Waals surface area contributed by atoms with E-state index >= 15 is 0 Å². The minimum atomic E-state index is -0.348. The van der Waals surface area contributed by atoms with Crippen LogP contribution in [0.4, 0.5) is 4.39 Å². The molecule has 1 aliphatic carbocycles. The molecule has 1 aromatic carbocycles. The summed E-state index contributed by atoms with van der Waals surface area (Å²) in [4.78, 5) is 17.3. The summed E-state index contributed by atoms with van der Waals surface area (Å²) in [6.07, 6.45) is 9.20. The van der Waals surface area contributed by atoms with Gasteiger partial charge in [-0.25, -0.2) is 4.39 Å². The molecule has 1 fully saturated rings. The van der Waals surface area contributed by atoms with Crippen LogP contribution in [0.5, 0.6) is 0 Å². The summed E-state index contributed by atoms with van der Waals surface area (Å²) >= 11 is 0. The Morgan fingerprint density at radius 1 is 1.08 bits per heavy atom. The number of rotatable bonds is 5. The van der Waals surface area contributed by atoms with Gasteiger partial charge in [0, 0.05) is 24.4 Å². The zero-order valence-corrected chi connectivity index (χ0v) is 14.5. The number of hydrogen-bond donors (Lipinski definition) is 1. The molecule has 3 rings (SSSR count). The highest BCUT2D eigenvalue weighted by Gasteiger charge is 2.24. The fraction of sp³-hybridized carbons (Fsp3) is 0.429. The van der Waals surface area contributed by atoms with E-state index in [1.807, 2.05) is 18.2 Å². The van der Waals surface area contributed by atoms with Crippen molar-refractivity contribution in [2.24, 2.45) is 0 Å². The summed E-state index contributed by atoms with van der Waals surface area (Å²) in [5, 5.41) is 3.23. The third kappa shape index (κ3) is 5.12. The molecule has 1 heterocycles. The van der Waals surface area contributed by atoms with E-state index in [9.17, 15) is 9.18 Å². The van der Waals surface area contributed by atoms with Crippen LogP contribution in [0.25, 0.3) is 0 Å². The quantitative estimate of drug-likeness (QED) is 0.821. The lowest BCUT2D eigenvalue weighted by Crippen LogP contribution is -2.38. The first-order chi connectivity index (χ1) is 12.2. The first kappa shape index (κ1) is 17.6. The molecule has 0 spiro atoms. The van der Waals surface area contributed by atoms with Gasteiger partial charge in [-0.15, -0.1) is 0 Å². The molecule has 25 heavy (non-hydrogen) atoms. The summed E-state index contributed by atoms with van der Waals surface area (Å²) in [5.74, 6) is -0.618. The van der Waals surface area contributed by atoms with Crippen LogP contribution in [-0.4, -0.2) is 16.9 Å². The number of pyridine rings is 1. The number of aromatic nitrogens is 1. The van der Waals surface area contributed by atoms with Crippen LogP contribution in [-0.2, 0) is 11.2 Å². The summed E-state index contributed by atoms with van der Waals surface area (Å²) in [5.41, 5.74) is 1.70. The summed E-state index contributed by atoms with van der Waals surface area (Å²) in [6, 6.07) is 12.2. The van der Waals surface area contributed by atoms with Gasteiger partial charge < -0.3 is 5.32 Å². The Labute approximate surface area is 148 Å². The van der Waals surface area contributed by atoms with Crippen LogP contribution in [0.2, 0.25) is 0 Å². The molecule has 0 radical (unpaired) electrons. The summed E-state index contributed by atoms with van der Waals surface area (Å²) in [6.45, 7) is 0. The van der Waals surface area contributed by atoms with Crippen LogP contribution in [0.1, 0.15) is 55.7 Å². The number of halogens is 1. The second-order valence-electron chi connectivity index (χ2n) is 6.83. The normalized spacial score (nSPS) is 16.8. The van der Waals surface area contributed by atoms with Crippen molar-refractivity contribution in [1.29, 1.82) is 0 Å². The van der Waals surface area contributed by atoms with Crippen molar-refractivity contribution < 1.29 is 9.18 Å². The average Bonchev–Trinajstić information content (AvgIpc) is 2.90. The number of carbonyl (C=O) groups excluding carboxylic acids is 1. The van der Waals surface area contributed by atoms with Crippen molar-refractivity contribution in [3.8, 4) is 0 Å². The van der Waals surface area contributed by atoms with Crippen molar-refractivity contribution in [2.45, 2.75) is 56.9 Å². The highest BCUT2D eigenvalue weighted by atomic mass is 19.1. The monoisotopic (exact) mass is 340 g/mol. The molecule has 1 aromatic heterocycles. The van der Waals surface area contributed by atoms with Gasteiger partial charge in [-0.2, -0.15) is 0 Å².